The molecule has 1 fully saturated rings. The second-order valence-corrected chi connectivity index (χ2v) is 10.6. The molecular formula is C22H24ClN3O9S. The molecule has 0 bridgehead atoms. The Labute approximate surface area is 211 Å². The van der Waals surface area contributed by atoms with Crippen molar-refractivity contribution >= 4 is 39.2 Å². The van der Waals surface area contributed by atoms with E-state index in [0.717, 1.165) is 17.3 Å². The minimum absolute atomic E-state index is 0.0414. The number of carbonyl (C=O) groups is 2. The van der Waals surface area contributed by atoms with Crippen LogP contribution in [-0.4, -0.2) is 77.4 Å². The lowest BCUT2D eigenvalue weighted by Gasteiger charge is -2.38. The van der Waals surface area contributed by atoms with E-state index in [1.54, 1.807) is 5.01 Å². The first-order chi connectivity index (χ1) is 16.9. The van der Waals surface area contributed by atoms with Gasteiger partial charge in [0.05, 0.1) is 16.8 Å². The van der Waals surface area contributed by atoms with Crippen LogP contribution < -0.4 is 15.2 Å². The number of amides is 1. The Morgan fingerprint density at radius 1 is 1.08 bits per heavy atom. The molecule has 2 aliphatic rings. The van der Waals surface area contributed by atoms with Gasteiger partial charge in [0.2, 0.25) is 10.0 Å². The normalized spacial score (nSPS) is 28.0. The second-order valence-electron chi connectivity index (χ2n) is 8.55. The van der Waals surface area contributed by atoms with E-state index < -0.39 is 57.4 Å². The molecule has 2 aromatic carbocycles. The Hall–Kier alpha value is -2.78. The Morgan fingerprint density at radius 3 is 2.47 bits per heavy atom. The van der Waals surface area contributed by atoms with Crippen molar-refractivity contribution in [3.63, 3.8) is 0 Å². The van der Waals surface area contributed by atoms with Gasteiger partial charge in [-0.15, -0.1) is 0 Å². The molecule has 14 heteroatoms. The monoisotopic (exact) mass is 541 g/mol. The van der Waals surface area contributed by atoms with Crippen molar-refractivity contribution in [2.45, 2.75) is 54.9 Å². The van der Waals surface area contributed by atoms with Gasteiger partial charge in [-0.2, -0.15) is 4.72 Å². The highest BCUT2D eigenvalue weighted by Gasteiger charge is 2.48. The summed E-state index contributed by atoms with van der Waals surface area (Å²) < 4.78 is 33.0. The van der Waals surface area contributed by atoms with Crippen LogP contribution in [0.5, 0.6) is 0 Å². The van der Waals surface area contributed by atoms with Crippen molar-refractivity contribution in [2.24, 2.45) is 0 Å². The molecule has 6 atom stereocenters. The zero-order valence-electron chi connectivity index (χ0n) is 18.8. The number of aliphatic carboxylic acids is 1. The van der Waals surface area contributed by atoms with Gasteiger partial charge in [-0.05, 0) is 43.2 Å². The molecule has 2 aliphatic heterocycles. The molecule has 0 aliphatic carbocycles. The topological polar surface area (TPSA) is 186 Å². The van der Waals surface area contributed by atoms with Crippen LogP contribution >= 0.6 is 11.6 Å². The maximum atomic E-state index is 13.0. The molecule has 4 unspecified atom stereocenters. The molecule has 194 valence electrons. The quantitative estimate of drug-likeness (QED) is 0.281. The van der Waals surface area contributed by atoms with Crippen molar-refractivity contribution in [1.82, 2.24) is 10.1 Å². The van der Waals surface area contributed by atoms with E-state index in [4.69, 9.17) is 21.4 Å². The number of halogens is 1. The average Bonchev–Trinajstić information content (AvgIpc) is 3.14. The fraction of sp³-hybridized carbons (Fsp3) is 0.364. The summed E-state index contributed by atoms with van der Waals surface area (Å²) in [6.07, 6.45) is -9.22. The largest absolute Gasteiger partial charge is 0.479 e. The zero-order valence-corrected chi connectivity index (χ0v) is 20.3. The third kappa shape index (κ3) is 4.91. The Morgan fingerprint density at radius 2 is 1.78 bits per heavy atom. The van der Waals surface area contributed by atoms with Crippen molar-refractivity contribution in [2.75, 3.05) is 5.01 Å². The maximum Gasteiger partial charge on any atom is 0.335 e. The summed E-state index contributed by atoms with van der Waals surface area (Å²) in [6, 6.07) is 11.0. The molecule has 0 radical (unpaired) electrons. The molecule has 36 heavy (non-hydrogen) atoms. The summed E-state index contributed by atoms with van der Waals surface area (Å²) in [5, 5.41) is 40.4. The van der Waals surface area contributed by atoms with Crippen molar-refractivity contribution in [1.29, 1.82) is 0 Å². The Kier molecular flexibility index (Phi) is 7.26. The number of sulfonamides is 1. The molecule has 0 saturated carbocycles. The number of ether oxygens (including phenoxy) is 1. The van der Waals surface area contributed by atoms with Gasteiger partial charge in [0, 0.05) is 5.56 Å². The van der Waals surface area contributed by atoms with Crippen LogP contribution in [0.25, 0.3) is 0 Å². The molecule has 4 rings (SSSR count). The molecule has 2 aromatic rings. The van der Waals surface area contributed by atoms with Crippen molar-refractivity contribution in [3.8, 4) is 0 Å². The Balaban J connectivity index is 1.56. The van der Waals surface area contributed by atoms with E-state index in [9.17, 15) is 33.3 Å². The van der Waals surface area contributed by atoms with Gasteiger partial charge >= 0.3 is 5.97 Å². The highest BCUT2D eigenvalue weighted by molar-refractivity contribution is 7.89. The van der Waals surface area contributed by atoms with E-state index in [0.29, 0.717) is 6.42 Å². The van der Waals surface area contributed by atoms with Gasteiger partial charge in [-0.1, -0.05) is 29.8 Å². The van der Waals surface area contributed by atoms with Gasteiger partial charge in [-0.25, -0.2) is 13.2 Å². The number of aliphatic hydroxyl groups is 3. The summed E-state index contributed by atoms with van der Waals surface area (Å²) in [5.41, 5.74) is 4.59. The van der Waals surface area contributed by atoms with E-state index in [1.807, 2.05) is 35.9 Å². The molecule has 0 aromatic heterocycles. The fourth-order valence-corrected chi connectivity index (χ4v) is 5.81. The number of hydrazine groups is 1. The predicted molar refractivity (Wildman–Crippen MR) is 126 cm³/mol. The van der Waals surface area contributed by atoms with E-state index >= 15 is 0 Å². The third-order valence-electron chi connectivity index (χ3n) is 6.04. The minimum atomic E-state index is -4.60. The molecule has 0 spiro atoms. The SMILES string of the molecule is CC1Cc2ccccc2N1NC(=O)c1ccc(Cl)c(S(=O)(=O)N[C@@H]2O[C@H](C(=O)O)C(O)C(O)C2O)c1. The van der Waals surface area contributed by atoms with Crippen LogP contribution in [0.3, 0.4) is 0 Å². The van der Waals surface area contributed by atoms with Crippen molar-refractivity contribution < 1.29 is 43.2 Å². The van der Waals surface area contributed by atoms with Gasteiger partial charge in [0.25, 0.3) is 5.91 Å². The fourth-order valence-electron chi connectivity index (χ4n) is 4.16. The van der Waals surface area contributed by atoms with Gasteiger partial charge < -0.3 is 25.2 Å². The predicted octanol–water partition coefficient (Wildman–Crippen LogP) is -0.393. The maximum absolute atomic E-state index is 13.0. The summed E-state index contributed by atoms with van der Waals surface area (Å²) in [7, 11) is -4.60. The number of carboxylic acid groups (broad SMARTS) is 1. The number of hydrogen-bond donors (Lipinski definition) is 6. The smallest absolute Gasteiger partial charge is 0.335 e. The minimum Gasteiger partial charge on any atom is -0.479 e. The van der Waals surface area contributed by atoms with Crippen molar-refractivity contribution in [3.05, 3.63) is 58.6 Å². The second kappa shape index (κ2) is 9.94. The summed E-state index contributed by atoms with van der Waals surface area (Å²) in [4.78, 5) is 23.7. The van der Waals surface area contributed by atoms with Crippen LogP contribution in [0.15, 0.2) is 47.4 Å². The van der Waals surface area contributed by atoms with Crippen LogP contribution in [0.2, 0.25) is 5.02 Å². The number of hydrogen-bond acceptors (Lipinski definition) is 9. The zero-order chi connectivity index (χ0) is 26.4. The lowest BCUT2D eigenvalue weighted by molar-refractivity contribution is -0.229. The highest BCUT2D eigenvalue weighted by atomic mass is 35.5. The van der Waals surface area contributed by atoms with Gasteiger partial charge in [0.1, 0.15) is 23.2 Å². The number of anilines is 1. The number of nitrogens with zero attached hydrogens (tertiary/aromatic N) is 1. The third-order valence-corrected chi connectivity index (χ3v) is 7.94. The molecule has 1 amide bonds. The molecule has 12 nitrogen and oxygen atoms in total. The van der Waals surface area contributed by atoms with Crippen LogP contribution in [-0.2, 0) is 26.0 Å². The van der Waals surface area contributed by atoms with Crippen LogP contribution in [0, 0.1) is 0 Å². The van der Waals surface area contributed by atoms with Crippen LogP contribution in [0.1, 0.15) is 22.8 Å². The lowest BCUT2D eigenvalue weighted by atomic mass is 9.98. The highest BCUT2D eigenvalue weighted by Crippen LogP contribution is 2.31. The van der Waals surface area contributed by atoms with E-state index in [1.165, 1.54) is 12.1 Å². The number of rotatable bonds is 6. The number of carboxylic acids is 1. The van der Waals surface area contributed by atoms with Gasteiger partial charge in [-0.3, -0.25) is 15.2 Å². The van der Waals surface area contributed by atoms with E-state index in [2.05, 4.69) is 5.43 Å². The molecular weight excluding hydrogens is 518 g/mol. The number of aliphatic hydroxyl groups excluding tert-OH is 3. The summed E-state index contributed by atoms with van der Waals surface area (Å²) in [6.45, 7) is 1.92. The first-order valence-electron chi connectivity index (χ1n) is 10.8. The average molecular weight is 542 g/mol. The number of fused-ring (bicyclic) bond motifs is 1. The summed E-state index contributed by atoms with van der Waals surface area (Å²) >= 11 is 6.08. The lowest BCUT2D eigenvalue weighted by Crippen LogP contribution is -2.64. The summed E-state index contributed by atoms with van der Waals surface area (Å²) in [5.74, 6) is -2.28. The standard InChI is InChI=1S/C22H24ClN3O9S/c1-10-8-11-4-2-3-5-14(11)26(10)24-20(30)12-6-7-13(23)15(9-12)36(33,34)25-21-18(29)16(27)17(28)19(35-21)22(31)32/h2-7,9-10,16-19,21,25,27-29H,8H2,1H3,(H,24,30)(H,31,32)/t10?,16?,17?,18?,19-,21+/m0/s1. The first-order valence-corrected chi connectivity index (χ1v) is 12.7. The first kappa shape index (κ1) is 26.3. The molecule has 1 saturated heterocycles. The number of benzene rings is 2. The molecule has 2 heterocycles. The van der Waals surface area contributed by atoms with Gasteiger partial charge in [0.15, 0.2) is 12.3 Å². The number of nitrogens with one attached hydrogen (secondary N) is 2. The Bertz CT molecular complexity index is 1290. The van der Waals surface area contributed by atoms with E-state index in [-0.39, 0.29) is 16.6 Å². The molecule has 6 N–H and O–H groups in total. The number of carbonyl (C=O) groups excluding carboxylic acids is 1. The number of para-hydroxylation sites is 1. The van der Waals surface area contributed by atoms with Crippen LogP contribution in [0.4, 0.5) is 5.69 Å².